The second-order valence-electron chi connectivity index (χ2n) is 11.2. The van der Waals surface area contributed by atoms with E-state index in [9.17, 15) is 44.3 Å². The third-order valence-electron chi connectivity index (χ3n) is 7.71. The van der Waals surface area contributed by atoms with Crippen LogP contribution < -0.4 is 14.2 Å². The minimum atomic E-state index is -5.55. The van der Waals surface area contributed by atoms with Gasteiger partial charge in [0.2, 0.25) is 5.75 Å². The number of carbonyl (C=O) groups excluding carboxylic acids is 1. The molecule has 0 saturated carbocycles. The van der Waals surface area contributed by atoms with Crippen LogP contribution in [0.15, 0.2) is 54.6 Å². The SMILES string of the molecule is CCCCC1Cc2ccc(C(=O)Oc3cc(F)c(-c4cc(F)c(C(F)(F)Oc5cc(F)c(OC(F)(F)F)c(F)c5)c(F)c4)c(F)c3)cc2C1. The van der Waals surface area contributed by atoms with Crippen LogP contribution in [0, 0.1) is 40.8 Å². The van der Waals surface area contributed by atoms with Crippen molar-refractivity contribution in [2.45, 2.75) is 51.5 Å². The number of hydrogen-bond donors (Lipinski definition) is 0. The Hall–Kier alpha value is -4.82. The van der Waals surface area contributed by atoms with Crippen LogP contribution in [0.3, 0.4) is 0 Å². The summed E-state index contributed by atoms with van der Waals surface area (Å²) in [6, 6.07) is 5.94. The van der Waals surface area contributed by atoms with E-state index in [1.165, 1.54) is 6.07 Å². The molecule has 15 heteroatoms. The number of benzene rings is 4. The van der Waals surface area contributed by atoms with E-state index < -0.39 is 87.3 Å². The first-order valence-electron chi connectivity index (χ1n) is 14.6. The molecule has 0 radical (unpaired) electrons. The van der Waals surface area contributed by atoms with E-state index >= 15 is 8.78 Å². The fourth-order valence-electron chi connectivity index (χ4n) is 5.59. The van der Waals surface area contributed by atoms with Crippen LogP contribution in [0.25, 0.3) is 11.1 Å². The maximum absolute atomic E-state index is 15.1. The monoisotopic (exact) mass is 704 g/mol. The number of alkyl halides is 5. The zero-order valence-corrected chi connectivity index (χ0v) is 25.1. The number of rotatable bonds is 10. The molecule has 1 atom stereocenters. The Bertz CT molecular complexity index is 1840. The first-order chi connectivity index (χ1) is 23.0. The average Bonchev–Trinajstić information content (AvgIpc) is 3.38. The standard InChI is InChI=1S/C34H23F11O4/c1-2-3-4-16-7-17-5-6-18(9-19(17)8-16)32(46)47-21-12-23(35)29(24(36)13-21)20-10-25(37)30(26(38)11-20)33(41,42)48-22-14-27(39)31(28(40)15-22)49-34(43,44)45/h5-6,9-16H,2-4,7-8H2,1H3. The van der Waals surface area contributed by atoms with E-state index in [0.717, 1.165) is 43.2 Å². The van der Waals surface area contributed by atoms with E-state index in [2.05, 4.69) is 16.4 Å². The number of fused-ring (bicyclic) bond motifs is 1. The van der Waals surface area contributed by atoms with Gasteiger partial charge in [0, 0.05) is 24.3 Å². The summed E-state index contributed by atoms with van der Waals surface area (Å²) in [6.07, 6.45) is -5.81. The van der Waals surface area contributed by atoms with E-state index in [-0.39, 0.29) is 29.8 Å². The summed E-state index contributed by atoms with van der Waals surface area (Å²) in [5.41, 5.74) is -1.99. The zero-order valence-electron chi connectivity index (χ0n) is 25.1. The smallest absolute Gasteiger partial charge is 0.429 e. The first-order valence-corrected chi connectivity index (χ1v) is 14.6. The minimum Gasteiger partial charge on any atom is -0.429 e. The fraction of sp³-hybridized carbons (Fsp3) is 0.265. The Morgan fingerprint density at radius 3 is 1.86 bits per heavy atom. The lowest BCUT2D eigenvalue weighted by molar-refractivity contribution is -0.276. The van der Waals surface area contributed by atoms with Crippen molar-refractivity contribution >= 4 is 5.97 Å². The second kappa shape index (κ2) is 13.6. The highest BCUT2D eigenvalue weighted by Gasteiger charge is 2.42. The molecule has 4 nitrogen and oxygen atoms in total. The molecule has 5 rings (SSSR count). The number of unbranched alkanes of at least 4 members (excludes halogenated alkanes) is 1. The molecule has 0 heterocycles. The summed E-state index contributed by atoms with van der Waals surface area (Å²) in [7, 11) is 0. The third kappa shape index (κ3) is 7.92. The molecule has 49 heavy (non-hydrogen) atoms. The van der Waals surface area contributed by atoms with Crippen LogP contribution in [0.5, 0.6) is 17.2 Å². The maximum atomic E-state index is 15.1. The van der Waals surface area contributed by atoms with E-state index in [1.54, 1.807) is 12.1 Å². The molecule has 1 unspecified atom stereocenters. The van der Waals surface area contributed by atoms with Gasteiger partial charge >= 0.3 is 18.4 Å². The van der Waals surface area contributed by atoms with Crippen molar-refractivity contribution in [2.24, 2.45) is 5.92 Å². The van der Waals surface area contributed by atoms with Crippen LogP contribution in [0.1, 0.15) is 53.2 Å². The predicted octanol–water partition coefficient (Wildman–Crippen LogP) is 10.3. The van der Waals surface area contributed by atoms with Gasteiger partial charge in [0.25, 0.3) is 0 Å². The summed E-state index contributed by atoms with van der Waals surface area (Å²) >= 11 is 0. The van der Waals surface area contributed by atoms with Gasteiger partial charge in [-0.1, -0.05) is 25.8 Å². The van der Waals surface area contributed by atoms with Crippen LogP contribution >= 0.6 is 0 Å². The molecule has 1 aliphatic carbocycles. The number of hydrogen-bond acceptors (Lipinski definition) is 4. The van der Waals surface area contributed by atoms with Crippen molar-refractivity contribution in [3.05, 3.63) is 112 Å². The van der Waals surface area contributed by atoms with Crippen molar-refractivity contribution in [3.8, 4) is 28.4 Å². The van der Waals surface area contributed by atoms with Gasteiger partial charge < -0.3 is 14.2 Å². The minimum absolute atomic E-state index is 0.114. The van der Waals surface area contributed by atoms with Crippen molar-refractivity contribution in [2.75, 3.05) is 0 Å². The van der Waals surface area contributed by atoms with Gasteiger partial charge in [-0.15, -0.1) is 13.2 Å². The quantitative estimate of drug-likeness (QED) is 0.0937. The number of carbonyl (C=O) groups is 1. The third-order valence-corrected chi connectivity index (χ3v) is 7.71. The fourth-order valence-corrected chi connectivity index (χ4v) is 5.59. The lowest BCUT2D eigenvalue weighted by Gasteiger charge is -2.21. The molecule has 0 saturated heterocycles. The first kappa shape index (κ1) is 35.5. The summed E-state index contributed by atoms with van der Waals surface area (Å²) in [5, 5.41) is 0. The highest BCUT2D eigenvalue weighted by atomic mass is 19.4. The van der Waals surface area contributed by atoms with Gasteiger partial charge in [0.15, 0.2) is 11.6 Å². The number of halogens is 11. The highest BCUT2D eigenvalue weighted by Crippen LogP contribution is 2.40. The van der Waals surface area contributed by atoms with E-state index in [0.29, 0.717) is 18.1 Å². The molecule has 0 fully saturated rings. The average molecular weight is 705 g/mol. The Morgan fingerprint density at radius 1 is 0.714 bits per heavy atom. The van der Waals surface area contributed by atoms with Crippen molar-refractivity contribution in [1.82, 2.24) is 0 Å². The molecule has 4 aromatic carbocycles. The molecule has 260 valence electrons. The molecule has 0 amide bonds. The van der Waals surface area contributed by atoms with Gasteiger partial charge in [0.05, 0.1) is 11.1 Å². The molecule has 0 N–H and O–H groups in total. The summed E-state index contributed by atoms with van der Waals surface area (Å²) in [4.78, 5) is 12.8. The molecular formula is C34H23F11O4. The van der Waals surface area contributed by atoms with Crippen LogP contribution in [-0.2, 0) is 19.0 Å². The van der Waals surface area contributed by atoms with Gasteiger partial charge in [-0.05, 0) is 66.1 Å². The molecule has 4 aromatic rings. The summed E-state index contributed by atoms with van der Waals surface area (Å²) in [6.45, 7) is 2.09. The van der Waals surface area contributed by atoms with Crippen molar-refractivity contribution < 1.29 is 67.3 Å². The maximum Gasteiger partial charge on any atom is 0.573 e. The summed E-state index contributed by atoms with van der Waals surface area (Å²) < 4.78 is 167. The Labute approximate surface area is 271 Å². The lowest BCUT2D eigenvalue weighted by atomic mass is 9.99. The normalized spacial score (nSPS) is 14.5. The predicted molar refractivity (Wildman–Crippen MR) is 151 cm³/mol. The Morgan fingerprint density at radius 2 is 1.29 bits per heavy atom. The largest absolute Gasteiger partial charge is 0.573 e. The summed E-state index contributed by atoms with van der Waals surface area (Å²) in [5.74, 6) is -16.1. The molecule has 0 aromatic heterocycles. The Balaban J connectivity index is 1.34. The molecule has 0 spiro atoms. The Kier molecular flexibility index (Phi) is 9.84. The zero-order chi connectivity index (χ0) is 35.8. The van der Waals surface area contributed by atoms with Gasteiger partial charge in [-0.25, -0.2) is 31.1 Å². The van der Waals surface area contributed by atoms with Crippen LogP contribution in [-0.4, -0.2) is 12.3 Å². The van der Waals surface area contributed by atoms with Gasteiger partial charge in [-0.2, -0.15) is 8.78 Å². The lowest BCUT2D eigenvalue weighted by Crippen LogP contribution is -2.25. The van der Waals surface area contributed by atoms with Crippen molar-refractivity contribution in [1.29, 1.82) is 0 Å². The van der Waals surface area contributed by atoms with Crippen LogP contribution in [0.2, 0.25) is 0 Å². The number of ether oxygens (including phenoxy) is 3. The topological polar surface area (TPSA) is 44.8 Å². The van der Waals surface area contributed by atoms with Gasteiger partial charge in [-0.3, -0.25) is 0 Å². The molecular weight excluding hydrogens is 681 g/mol. The van der Waals surface area contributed by atoms with Crippen molar-refractivity contribution in [3.63, 3.8) is 0 Å². The van der Waals surface area contributed by atoms with Gasteiger partial charge in [0.1, 0.15) is 40.3 Å². The second-order valence-corrected chi connectivity index (χ2v) is 11.2. The number of esters is 1. The van der Waals surface area contributed by atoms with E-state index in [1.807, 2.05) is 0 Å². The molecule has 0 aliphatic heterocycles. The van der Waals surface area contributed by atoms with E-state index in [4.69, 9.17) is 4.74 Å². The highest BCUT2D eigenvalue weighted by molar-refractivity contribution is 5.91. The molecule has 1 aliphatic rings. The van der Waals surface area contributed by atoms with Crippen LogP contribution in [0.4, 0.5) is 48.3 Å². The molecule has 0 bridgehead atoms.